The van der Waals surface area contributed by atoms with Crippen molar-refractivity contribution in [1.29, 1.82) is 0 Å². The van der Waals surface area contributed by atoms with Crippen LogP contribution in [0.5, 0.6) is 0 Å². The maximum Gasteiger partial charge on any atom is 0.407 e. The third kappa shape index (κ3) is 5.35. The van der Waals surface area contributed by atoms with Gasteiger partial charge >= 0.3 is 12.1 Å². The standard InChI is InChI=1S/C26H32N2O5/c1-4-10-22(23(29)28-26(3,15-5-2)24(30)31)27-25(32)33-16-21-19-13-8-6-11-17(19)18-12-7-9-14-20(18)21/h6-9,11-14,21-22H,4-5,10,15-16H2,1-3H3,(H,27,32)(H,28,29)(H,30,31). The Morgan fingerprint density at radius 3 is 2.09 bits per heavy atom. The number of rotatable bonds is 10. The molecular formula is C26H32N2O5. The maximum absolute atomic E-state index is 12.8. The number of carboxylic acids is 1. The van der Waals surface area contributed by atoms with E-state index < -0.39 is 29.6 Å². The number of carbonyl (C=O) groups excluding carboxylic acids is 2. The zero-order chi connectivity index (χ0) is 24.0. The lowest BCUT2D eigenvalue weighted by Crippen LogP contribution is -2.57. The van der Waals surface area contributed by atoms with Crippen molar-refractivity contribution in [2.45, 2.75) is 64.0 Å². The fourth-order valence-electron chi connectivity index (χ4n) is 4.42. The van der Waals surface area contributed by atoms with Gasteiger partial charge in [0.05, 0.1) is 0 Å². The average molecular weight is 453 g/mol. The summed E-state index contributed by atoms with van der Waals surface area (Å²) in [5.74, 6) is -1.71. The van der Waals surface area contributed by atoms with Crippen LogP contribution >= 0.6 is 0 Å². The number of carbonyl (C=O) groups is 3. The van der Waals surface area contributed by atoms with Crippen molar-refractivity contribution in [3.8, 4) is 11.1 Å². The largest absolute Gasteiger partial charge is 0.480 e. The number of aliphatic carboxylic acids is 1. The molecule has 2 atom stereocenters. The van der Waals surface area contributed by atoms with Crippen LogP contribution in [-0.4, -0.2) is 41.3 Å². The molecule has 7 heteroatoms. The summed E-state index contributed by atoms with van der Waals surface area (Å²) in [5.41, 5.74) is 3.08. The SMILES string of the molecule is CCCC(NC(=O)OCC1c2ccccc2-c2ccccc21)C(=O)NC(C)(CCC)C(=O)O. The number of alkyl carbamates (subject to hydrolysis) is 1. The van der Waals surface area contributed by atoms with Gasteiger partial charge in [0.25, 0.3) is 0 Å². The van der Waals surface area contributed by atoms with Crippen molar-refractivity contribution in [3.63, 3.8) is 0 Å². The highest BCUT2D eigenvalue weighted by molar-refractivity contribution is 5.91. The highest BCUT2D eigenvalue weighted by Gasteiger charge is 2.36. The molecule has 1 aliphatic carbocycles. The predicted octanol–water partition coefficient (Wildman–Crippen LogP) is 4.45. The van der Waals surface area contributed by atoms with Crippen LogP contribution in [0.3, 0.4) is 0 Å². The number of amides is 2. The van der Waals surface area contributed by atoms with E-state index in [0.717, 1.165) is 22.3 Å². The van der Waals surface area contributed by atoms with E-state index in [4.69, 9.17) is 4.74 Å². The molecule has 2 aromatic rings. The van der Waals surface area contributed by atoms with Crippen molar-refractivity contribution in [2.75, 3.05) is 6.61 Å². The lowest BCUT2D eigenvalue weighted by molar-refractivity contribution is -0.147. The topological polar surface area (TPSA) is 105 Å². The van der Waals surface area contributed by atoms with Gasteiger partial charge in [-0.05, 0) is 42.0 Å². The number of hydrogen-bond acceptors (Lipinski definition) is 4. The maximum atomic E-state index is 12.8. The first-order valence-electron chi connectivity index (χ1n) is 11.5. The molecule has 3 N–H and O–H groups in total. The molecule has 0 saturated carbocycles. The first-order chi connectivity index (χ1) is 15.8. The first-order valence-corrected chi connectivity index (χ1v) is 11.5. The van der Waals surface area contributed by atoms with Gasteiger partial charge < -0.3 is 20.5 Å². The van der Waals surface area contributed by atoms with Gasteiger partial charge in [0, 0.05) is 5.92 Å². The summed E-state index contributed by atoms with van der Waals surface area (Å²) in [4.78, 5) is 37.1. The first kappa shape index (κ1) is 24.3. The van der Waals surface area contributed by atoms with E-state index in [1.807, 2.05) is 50.2 Å². The lowest BCUT2D eigenvalue weighted by Gasteiger charge is -2.28. The van der Waals surface area contributed by atoms with Crippen LogP contribution in [0.1, 0.15) is 63.5 Å². The highest BCUT2D eigenvalue weighted by atomic mass is 16.5. The molecule has 0 fully saturated rings. The van der Waals surface area contributed by atoms with Gasteiger partial charge in [-0.25, -0.2) is 9.59 Å². The van der Waals surface area contributed by atoms with Gasteiger partial charge in [-0.15, -0.1) is 0 Å². The minimum atomic E-state index is -1.39. The molecular weight excluding hydrogens is 420 g/mol. The van der Waals surface area contributed by atoms with E-state index in [1.165, 1.54) is 6.92 Å². The van der Waals surface area contributed by atoms with Gasteiger partial charge in [-0.2, -0.15) is 0 Å². The quantitative estimate of drug-likeness (QED) is 0.494. The number of fused-ring (bicyclic) bond motifs is 3. The van der Waals surface area contributed by atoms with Crippen molar-refractivity contribution in [1.82, 2.24) is 10.6 Å². The molecule has 7 nitrogen and oxygen atoms in total. The second kappa shape index (κ2) is 10.5. The summed E-state index contributed by atoms with van der Waals surface area (Å²) in [6.45, 7) is 5.37. The van der Waals surface area contributed by atoms with Crippen LogP contribution < -0.4 is 10.6 Å². The van der Waals surface area contributed by atoms with Gasteiger partial charge in [0.15, 0.2) is 0 Å². The van der Waals surface area contributed by atoms with Crippen molar-refractivity contribution < 1.29 is 24.2 Å². The predicted molar refractivity (Wildman–Crippen MR) is 126 cm³/mol. The third-order valence-electron chi connectivity index (χ3n) is 6.15. The van der Waals surface area contributed by atoms with E-state index in [1.54, 1.807) is 0 Å². The van der Waals surface area contributed by atoms with E-state index in [-0.39, 0.29) is 18.9 Å². The van der Waals surface area contributed by atoms with Gasteiger partial charge in [-0.3, -0.25) is 4.79 Å². The Morgan fingerprint density at radius 2 is 1.58 bits per heavy atom. The van der Waals surface area contributed by atoms with E-state index >= 15 is 0 Å². The molecule has 2 amide bonds. The summed E-state index contributed by atoms with van der Waals surface area (Å²) < 4.78 is 5.55. The molecule has 0 aromatic heterocycles. The van der Waals surface area contributed by atoms with E-state index in [9.17, 15) is 19.5 Å². The monoisotopic (exact) mass is 452 g/mol. The van der Waals surface area contributed by atoms with Crippen LogP contribution in [0, 0.1) is 0 Å². The Hall–Kier alpha value is -3.35. The Labute approximate surface area is 194 Å². The Kier molecular flexibility index (Phi) is 7.74. The summed E-state index contributed by atoms with van der Waals surface area (Å²) in [7, 11) is 0. The van der Waals surface area contributed by atoms with E-state index in [0.29, 0.717) is 19.3 Å². The van der Waals surface area contributed by atoms with E-state index in [2.05, 4.69) is 22.8 Å². The number of carboxylic acid groups (broad SMARTS) is 1. The smallest absolute Gasteiger partial charge is 0.407 e. The molecule has 0 aliphatic heterocycles. The van der Waals surface area contributed by atoms with Crippen molar-refractivity contribution >= 4 is 18.0 Å². The summed E-state index contributed by atoms with van der Waals surface area (Å²) in [5, 5.41) is 14.8. The molecule has 176 valence electrons. The van der Waals surface area contributed by atoms with Crippen molar-refractivity contribution in [2.24, 2.45) is 0 Å². The molecule has 0 spiro atoms. The number of hydrogen-bond donors (Lipinski definition) is 3. The molecule has 33 heavy (non-hydrogen) atoms. The molecule has 1 aliphatic rings. The Morgan fingerprint density at radius 1 is 1.00 bits per heavy atom. The molecule has 0 radical (unpaired) electrons. The van der Waals surface area contributed by atoms with Crippen LogP contribution in [-0.2, 0) is 14.3 Å². The normalized spacial score (nSPS) is 15.0. The summed E-state index contributed by atoms with van der Waals surface area (Å²) >= 11 is 0. The Balaban J connectivity index is 1.66. The van der Waals surface area contributed by atoms with Crippen LogP contribution in [0.4, 0.5) is 4.79 Å². The van der Waals surface area contributed by atoms with Gasteiger partial charge in [0.1, 0.15) is 18.2 Å². The number of nitrogens with one attached hydrogen (secondary N) is 2. The molecule has 0 saturated heterocycles. The lowest BCUT2D eigenvalue weighted by atomic mass is 9.95. The Bertz CT molecular complexity index is 976. The zero-order valence-corrected chi connectivity index (χ0v) is 19.4. The number of ether oxygens (including phenoxy) is 1. The summed E-state index contributed by atoms with van der Waals surface area (Å²) in [6.07, 6.45) is 1.20. The van der Waals surface area contributed by atoms with Gasteiger partial charge in [-0.1, -0.05) is 75.2 Å². The average Bonchev–Trinajstić information content (AvgIpc) is 3.11. The second-order valence-corrected chi connectivity index (χ2v) is 8.69. The molecule has 0 bridgehead atoms. The summed E-state index contributed by atoms with van der Waals surface area (Å²) in [6, 6.07) is 15.2. The van der Waals surface area contributed by atoms with Crippen LogP contribution in [0.2, 0.25) is 0 Å². The minimum absolute atomic E-state index is 0.0820. The van der Waals surface area contributed by atoms with Crippen LogP contribution in [0.25, 0.3) is 11.1 Å². The second-order valence-electron chi connectivity index (χ2n) is 8.69. The molecule has 2 unspecified atom stereocenters. The molecule has 0 heterocycles. The zero-order valence-electron chi connectivity index (χ0n) is 19.4. The van der Waals surface area contributed by atoms with Gasteiger partial charge in [0.2, 0.25) is 5.91 Å². The third-order valence-corrected chi connectivity index (χ3v) is 6.15. The minimum Gasteiger partial charge on any atom is -0.480 e. The number of benzene rings is 2. The molecule has 2 aromatic carbocycles. The van der Waals surface area contributed by atoms with Crippen molar-refractivity contribution in [3.05, 3.63) is 59.7 Å². The van der Waals surface area contributed by atoms with Crippen LogP contribution in [0.15, 0.2) is 48.5 Å². The molecule has 3 rings (SSSR count). The fraction of sp³-hybridized carbons (Fsp3) is 0.423. The highest BCUT2D eigenvalue weighted by Crippen LogP contribution is 2.44. The fourth-order valence-corrected chi connectivity index (χ4v) is 4.42.